The molecule has 1 N–H and O–H groups in total. The second-order valence-electron chi connectivity index (χ2n) is 4.46. The number of anilines is 2. The van der Waals surface area contributed by atoms with Gasteiger partial charge in [0.25, 0.3) is 0 Å². The smallest absolute Gasteiger partial charge is 0.224 e. The molecule has 106 valence electrons. The SMILES string of the molecule is CNc1ncc(Cl)c(N(C)C(C)c2cccc(Cl)c2)n1. The van der Waals surface area contributed by atoms with E-state index in [2.05, 4.69) is 22.2 Å². The van der Waals surface area contributed by atoms with Crippen LogP contribution in [0.5, 0.6) is 0 Å². The lowest BCUT2D eigenvalue weighted by atomic mass is 10.1. The van der Waals surface area contributed by atoms with Crippen molar-refractivity contribution < 1.29 is 0 Å². The normalized spacial score (nSPS) is 12.1. The molecule has 0 aliphatic heterocycles. The number of halogens is 2. The van der Waals surface area contributed by atoms with Crippen LogP contribution in [-0.4, -0.2) is 24.1 Å². The molecule has 4 nitrogen and oxygen atoms in total. The second-order valence-corrected chi connectivity index (χ2v) is 5.30. The van der Waals surface area contributed by atoms with Gasteiger partial charge in [0.1, 0.15) is 5.02 Å². The highest BCUT2D eigenvalue weighted by molar-refractivity contribution is 6.32. The van der Waals surface area contributed by atoms with Crippen LogP contribution in [0.15, 0.2) is 30.5 Å². The number of hydrogen-bond acceptors (Lipinski definition) is 4. The Labute approximate surface area is 128 Å². The Morgan fingerprint density at radius 2 is 2.05 bits per heavy atom. The molecule has 0 aliphatic rings. The van der Waals surface area contributed by atoms with Gasteiger partial charge in [-0.15, -0.1) is 0 Å². The van der Waals surface area contributed by atoms with Crippen LogP contribution in [0.3, 0.4) is 0 Å². The summed E-state index contributed by atoms with van der Waals surface area (Å²) in [5.41, 5.74) is 1.10. The van der Waals surface area contributed by atoms with Gasteiger partial charge in [-0.25, -0.2) is 4.98 Å². The zero-order valence-electron chi connectivity index (χ0n) is 11.6. The Balaban J connectivity index is 2.33. The maximum Gasteiger partial charge on any atom is 0.224 e. The molecule has 0 fully saturated rings. The summed E-state index contributed by atoms with van der Waals surface area (Å²) in [5.74, 6) is 1.22. The van der Waals surface area contributed by atoms with E-state index in [1.54, 1.807) is 13.2 Å². The van der Waals surface area contributed by atoms with Gasteiger partial charge in [0.05, 0.1) is 12.2 Å². The molecule has 1 heterocycles. The molecule has 6 heteroatoms. The van der Waals surface area contributed by atoms with Gasteiger partial charge in [0, 0.05) is 19.1 Å². The minimum absolute atomic E-state index is 0.0887. The van der Waals surface area contributed by atoms with Crippen molar-refractivity contribution >= 4 is 35.0 Å². The molecule has 0 spiro atoms. The number of aromatic nitrogens is 2. The van der Waals surface area contributed by atoms with Crippen LogP contribution < -0.4 is 10.2 Å². The van der Waals surface area contributed by atoms with Gasteiger partial charge in [-0.3, -0.25) is 0 Å². The van der Waals surface area contributed by atoms with Crippen molar-refractivity contribution in [3.8, 4) is 0 Å². The molecule has 0 aliphatic carbocycles. The molecule has 1 atom stereocenters. The summed E-state index contributed by atoms with van der Waals surface area (Å²) in [6, 6.07) is 7.85. The van der Waals surface area contributed by atoms with Crippen molar-refractivity contribution in [3.05, 3.63) is 46.1 Å². The number of rotatable bonds is 4. The fraction of sp³-hybridized carbons (Fsp3) is 0.286. The Kier molecular flexibility index (Phi) is 4.68. The first kappa shape index (κ1) is 14.9. The molecule has 2 rings (SSSR count). The van der Waals surface area contributed by atoms with Crippen LogP contribution in [-0.2, 0) is 0 Å². The molecule has 0 amide bonds. The van der Waals surface area contributed by atoms with E-state index in [4.69, 9.17) is 23.2 Å². The number of nitrogens with one attached hydrogen (secondary N) is 1. The zero-order chi connectivity index (χ0) is 14.7. The molecule has 1 unspecified atom stereocenters. The van der Waals surface area contributed by atoms with Crippen LogP contribution in [0.25, 0.3) is 0 Å². The standard InChI is InChI=1S/C14H16Cl2N4/c1-9(10-5-4-6-11(15)7-10)20(3)13-12(16)8-18-14(17-2)19-13/h4-9H,1-3H3,(H,17,18,19). The van der Waals surface area contributed by atoms with E-state index >= 15 is 0 Å². The first-order valence-corrected chi connectivity index (χ1v) is 6.97. The molecule has 0 bridgehead atoms. The van der Waals surface area contributed by atoms with Crippen molar-refractivity contribution in [1.29, 1.82) is 0 Å². The predicted octanol–water partition coefficient (Wildman–Crippen LogP) is 4.02. The topological polar surface area (TPSA) is 41.1 Å². The highest BCUT2D eigenvalue weighted by Crippen LogP contribution is 2.30. The van der Waals surface area contributed by atoms with E-state index < -0.39 is 0 Å². The third kappa shape index (κ3) is 3.14. The van der Waals surface area contributed by atoms with Gasteiger partial charge < -0.3 is 10.2 Å². The van der Waals surface area contributed by atoms with E-state index in [9.17, 15) is 0 Å². The molecule has 0 radical (unpaired) electrons. The maximum atomic E-state index is 6.19. The van der Waals surface area contributed by atoms with Gasteiger partial charge in [0.2, 0.25) is 5.95 Å². The molecular formula is C14H16Cl2N4. The van der Waals surface area contributed by atoms with Crippen LogP contribution >= 0.6 is 23.2 Å². The number of hydrogen-bond donors (Lipinski definition) is 1. The van der Waals surface area contributed by atoms with Crippen molar-refractivity contribution in [3.63, 3.8) is 0 Å². The summed E-state index contributed by atoms with van der Waals surface area (Å²) in [6.07, 6.45) is 1.59. The van der Waals surface area contributed by atoms with E-state index in [1.165, 1.54) is 0 Å². The minimum atomic E-state index is 0.0887. The first-order valence-electron chi connectivity index (χ1n) is 6.21. The largest absolute Gasteiger partial charge is 0.357 e. The third-order valence-corrected chi connectivity index (χ3v) is 3.70. The summed E-state index contributed by atoms with van der Waals surface area (Å²) in [6.45, 7) is 2.07. The summed E-state index contributed by atoms with van der Waals surface area (Å²) in [5, 5.41) is 4.14. The monoisotopic (exact) mass is 310 g/mol. The number of nitrogens with zero attached hydrogens (tertiary/aromatic N) is 3. The Morgan fingerprint density at radius 3 is 2.70 bits per heavy atom. The number of benzene rings is 1. The molecular weight excluding hydrogens is 295 g/mol. The Hall–Kier alpha value is -1.52. The third-order valence-electron chi connectivity index (χ3n) is 3.20. The lowest BCUT2D eigenvalue weighted by Gasteiger charge is -2.27. The summed E-state index contributed by atoms with van der Waals surface area (Å²) < 4.78 is 0. The highest BCUT2D eigenvalue weighted by atomic mass is 35.5. The lowest BCUT2D eigenvalue weighted by Crippen LogP contribution is -2.23. The lowest BCUT2D eigenvalue weighted by molar-refractivity contribution is 0.728. The fourth-order valence-corrected chi connectivity index (χ4v) is 2.32. The molecule has 0 saturated carbocycles. The molecule has 0 saturated heterocycles. The van der Waals surface area contributed by atoms with Crippen LogP contribution in [0.2, 0.25) is 10.0 Å². The molecule has 20 heavy (non-hydrogen) atoms. The molecule has 1 aromatic carbocycles. The van der Waals surface area contributed by atoms with Gasteiger partial charge in [-0.05, 0) is 24.6 Å². The predicted molar refractivity (Wildman–Crippen MR) is 84.9 cm³/mol. The summed E-state index contributed by atoms with van der Waals surface area (Å²) in [7, 11) is 3.71. The van der Waals surface area contributed by atoms with E-state index in [0.717, 1.165) is 5.56 Å². The van der Waals surface area contributed by atoms with Crippen molar-refractivity contribution in [2.24, 2.45) is 0 Å². The van der Waals surface area contributed by atoms with Crippen molar-refractivity contribution in [1.82, 2.24) is 9.97 Å². The van der Waals surface area contributed by atoms with Gasteiger partial charge in [0.15, 0.2) is 5.82 Å². The van der Waals surface area contributed by atoms with Gasteiger partial charge in [-0.1, -0.05) is 35.3 Å². The molecule has 2 aromatic rings. The zero-order valence-corrected chi connectivity index (χ0v) is 13.1. The first-order chi connectivity index (χ1) is 9.52. The fourth-order valence-electron chi connectivity index (χ4n) is 1.90. The van der Waals surface area contributed by atoms with Gasteiger partial charge >= 0.3 is 0 Å². The van der Waals surface area contributed by atoms with E-state index in [0.29, 0.717) is 21.8 Å². The average molecular weight is 311 g/mol. The summed E-state index contributed by atoms with van der Waals surface area (Å²) in [4.78, 5) is 10.5. The average Bonchev–Trinajstić information content (AvgIpc) is 2.46. The quantitative estimate of drug-likeness (QED) is 0.926. The molecule has 1 aromatic heterocycles. The van der Waals surface area contributed by atoms with E-state index in [1.807, 2.05) is 36.2 Å². The highest BCUT2D eigenvalue weighted by Gasteiger charge is 2.17. The Morgan fingerprint density at radius 1 is 1.30 bits per heavy atom. The van der Waals surface area contributed by atoms with Crippen LogP contribution in [0, 0.1) is 0 Å². The maximum absolute atomic E-state index is 6.19. The van der Waals surface area contributed by atoms with Crippen LogP contribution in [0.4, 0.5) is 11.8 Å². The van der Waals surface area contributed by atoms with Crippen LogP contribution in [0.1, 0.15) is 18.5 Å². The Bertz CT molecular complexity index is 603. The van der Waals surface area contributed by atoms with Crippen molar-refractivity contribution in [2.45, 2.75) is 13.0 Å². The van der Waals surface area contributed by atoms with Crippen molar-refractivity contribution in [2.75, 3.05) is 24.3 Å². The van der Waals surface area contributed by atoms with E-state index in [-0.39, 0.29) is 6.04 Å². The van der Waals surface area contributed by atoms with Gasteiger partial charge in [-0.2, -0.15) is 4.98 Å². The summed E-state index contributed by atoms with van der Waals surface area (Å²) >= 11 is 12.2. The second kappa shape index (κ2) is 6.29. The minimum Gasteiger partial charge on any atom is -0.357 e.